The van der Waals surface area contributed by atoms with E-state index in [1.807, 2.05) is 0 Å². The Balaban J connectivity index is 1.84. The van der Waals surface area contributed by atoms with Crippen molar-refractivity contribution in [1.29, 1.82) is 0 Å². The second-order valence-corrected chi connectivity index (χ2v) is 10.1. The molecule has 0 spiro atoms. The first-order chi connectivity index (χ1) is 17.5. The molecule has 0 fully saturated rings. The predicted molar refractivity (Wildman–Crippen MR) is 146 cm³/mol. The monoisotopic (exact) mass is 526 g/mol. The third kappa shape index (κ3) is 17.8. The lowest BCUT2D eigenvalue weighted by atomic mass is 10.0. The molecule has 1 aromatic carbocycles. The van der Waals surface area contributed by atoms with E-state index in [9.17, 15) is 14.0 Å². The van der Waals surface area contributed by atoms with Gasteiger partial charge in [0.2, 0.25) is 0 Å². The molecule has 0 aromatic heterocycles. The summed E-state index contributed by atoms with van der Waals surface area (Å²) in [6.07, 6.45) is 21.6. The molecule has 4 nitrogen and oxygen atoms in total. The van der Waals surface area contributed by atoms with Gasteiger partial charge in [-0.05, 0) is 25.0 Å². The van der Waals surface area contributed by atoms with Crippen LogP contribution in [0.5, 0.6) is 0 Å². The molecule has 206 valence electrons. The Bertz CT molecular complexity index is 690. The van der Waals surface area contributed by atoms with E-state index >= 15 is 0 Å². The summed E-state index contributed by atoms with van der Waals surface area (Å²) < 4.78 is 24.0. The molecular weight excluding hydrogens is 479 g/mol. The Kier molecular flexibility index (Phi) is 20.3. The van der Waals surface area contributed by atoms with Gasteiger partial charge in [-0.1, -0.05) is 121 Å². The van der Waals surface area contributed by atoms with Crippen molar-refractivity contribution in [3.05, 3.63) is 34.6 Å². The lowest BCUT2D eigenvalue weighted by Gasteiger charge is -2.08. The van der Waals surface area contributed by atoms with Crippen molar-refractivity contribution in [2.24, 2.45) is 0 Å². The zero-order valence-corrected chi connectivity index (χ0v) is 23.2. The minimum absolute atomic E-state index is 0.0836. The molecule has 0 heterocycles. The topological polar surface area (TPSA) is 52.6 Å². The van der Waals surface area contributed by atoms with Crippen molar-refractivity contribution in [2.45, 2.75) is 136 Å². The second-order valence-electron chi connectivity index (χ2n) is 9.74. The molecule has 0 amide bonds. The maximum absolute atomic E-state index is 13.7. The van der Waals surface area contributed by atoms with Gasteiger partial charge in [-0.3, -0.25) is 9.59 Å². The quantitative estimate of drug-likeness (QED) is 0.105. The first-order valence-corrected chi connectivity index (χ1v) is 14.7. The summed E-state index contributed by atoms with van der Waals surface area (Å²) in [4.78, 5) is 23.6. The van der Waals surface area contributed by atoms with E-state index < -0.39 is 11.8 Å². The highest BCUT2D eigenvalue weighted by molar-refractivity contribution is 6.31. The molecule has 0 N–H and O–H groups in total. The molecule has 1 aromatic rings. The molecule has 0 bridgehead atoms. The van der Waals surface area contributed by atoms with Crippen LogP contribution >= 0.6 is 11.6 Å². The maximum Gasteiger partial charge on any atom is 0.306 e. The van der Waals surface area contributed by atoms with Gasteiger partial charge in [-0.25, -0.2) is 4.39 Å². The van der Waals surface area contributed by atoms with Crippen LogP contribution < -0.4 is 0 Å². The Morgan fingerprint density at radius 3 is 1.67 bits per heavy atom. The number of hydrogen-bond acceptors (Lipinski definition) is 4. The standard InChI is InChI=1S/C30H48ClFO4/c1-2-3-4-5-6-7-8-9-10-11-12-13-14-15-16-17-24-35-29(33)22-19-23-30(34)36-25-26-27(31)20-18-21-28(26)32/h18,20-21H,2-17,19,22-25H2,1H3. The molecule has 6 heteroatoms. The summed E-state index contributed by atoms with van der Waals surface area (Å²) >= 11 is 5.91. The highest BCUT2D eigenvalue weighted by atomic mass is 35.5. The van der Waals surface area contributed by atoms with E-state index in [4.69, 9.17) is 21.1 Å². The first-order valence-electron chi connectivity index (χ1n) is 14.3. The molecule has 0 aliphatic rings. The van der Waals surface area contributed by atoms with Crippen LogP contribution in [0.2, 0.25) is 5.02 Å². The zero-order valence-electron chi connectivity index (χ0n) is 22.5. The number of ether oxygens (including phenoxy) is 2. The van der Waals surface area contributed by atoms with Crippen LogP contribution in [0.1, 0.15) is 134 Å². The fourth-order valence-corrected chi connectivity index (χ4v) is 4.40. The first kappa shape index (κ1) is 32.4. The molecule has 1 rings (SSSR count). The molecule has 0 atom stereocenters. The second kappa shape index (κ2) is 22.6. The fourth-order valence-electron chi connectivity index (χ4n) is 4.18. The van der Waals surface area contributed by atoms with Crippen molar-refractivity contribution < 1.29 is 23.5 Å². The van der Waals surface area contributed by atoms with Crippen molar-refractivity contribution in [2.75, 3.05) is 6.61 Å². The van der Waals surface area contributed by atoms with E-state index in [1.54, 1.807) is 6.07 Å². The van der Waals surface area contributed by atoms with Crippen LogP contribution in [0, 0.1) is 5.82 Å². The van der Waals surface area contributed by atoms with E-state index in [0.717, 1.165) is 12.8 Å². The number of hydrogen-bond donors (Lipinski definition) is 0. The highest BCUT2D eigenvalue weighted by Gasteiger charge is 2.11. The highest BCUT2D eigenvalue weighted by Crippen LogP contribution is 2.20. The van der Waals surface area contributed by atoms with Crippen LogP contribution in [-0.2, 0) is 25.7 Å². The van der Waals surface area contributed by atoms with Crippen LogP contribution in [0.4, 0.5) is 4.39 Å². The Morgan fingerprint density at radius 1 is 0.694 bits per heavy atom. The zero-order chi connectivity index (χ0) is 26.3. The smallest absolute Gasteiger partial charge is 0.306 e. The number of carbonyl (C=O) groups excluding carboxylic acids is 2. The van der Waals surface area contributed by atoms with Gasteiger partial charge in [0, 0.05) is 18.4 Å². The largest absolute Gasteiger partial charge is 0.466 e. The normalized spacial score (nSPS) is 11.0. The van der Waals surface area contributed by atoms with Crippen molar-refractivity contribution in [3.8, 4) is 0 Å². The summed E-state index contributed by atoms with van der Waals surface area (Å²) in [5.41, 5.74) is 0.158. The lowest BCUT2D eigenvalue weighted by Crippen LogP contribution is -2.09. The van der Waals surface area contributed by atoms with Crippen molar-refractivity contribution in [3.63, 3.8) is 0 Å². The molecular formula is C30H48ClFO4. The Labute approximate surface area is 223 Å². The lowest BCUT2D eigenvalue weighted by molar-refractivity contribution is -0.146. The Hall–Kier alpha value is -1.62. The third-order valence-corrected chi connectivity index (χ3v) is 6.82. The molecule has 36 heavy (non-hydrogen) atoms. The van der Waals surface area contributed by atoms with Gasteiger partial charge in [0.1, 0.15) is 12.4 Å². The minimum Gasteiger partial charge on any atom is -0.466 e. The van der Waals surface area contributed by atoms with Gasteiger partial charge >= 0.3 is 11.9 Å². The number of halogens is 2. The Morgan fingerprint density at radius 2 is 1.17 bits per heavy atom. The molecule has 0 aliphatic carbocycles. The van der Waals surface area contributed by atoms with Crippen molar-refractivity contribution >= 4 is 23.5 Å². The number of carbonyl (C=O) groups is 2. The van der Waals surface area contributed by atoms with Crippen LogP contribution in [0.3, 0.4) is 0 Å². The van der Waals surface area contributed by atoms with Crippen molar-refractivity contribution in [1.82, 2.24) is 0 Å². The average Bonchev–Trinajstić information content (AvgIpc) is 2.85. The van der Waals surface area contributed by atoms with Crippen LogP contribution in [-0.4, -0.2) is 18.5 Å². The van der Waals surface area contributed by atoms with E-state index in [1.165, 1.54) is 102 Å². The van der Waals surface area contributed by atoms with Gasteiger partial charge in [0.15, 0.2) is 0 Å². The van der Waals surface area contributed by atoms with E-state index in [-0.39, 0.29) is 36.0 Å². The van der Waals surface area contributed by atoms with Crippen LogP contribution in [0.25, 0.3) is 0 Å². The molecule has 0 aliphatic heterocycles. The van der Waals surface area contributed by atoms with E-state index in [0.29, 0.717) is 13.0 Å². The summed E-state index contributed by atoms with van der Waals surface area (Å²) in [7, 11) is 0. The molecule has 0 unspecified atom stereocenters. The summed E-state index contributed by atoms with van der Waals surface area (Å²) in [6, 6.07) is 4.31. The maximum atomic E-state index is 13.7. The van der Waals surface area contributed by atoms with Gasteiger partial charge < -0.3 is 9.47 Å². The third-order valence-electron chi connectivity index (χ3n) is 6.46. The van der Waals surface area contributed by atoms with Gasteiger partial charge in [0.25, 0.3) is 0 Å². The number of benzene rings is 1. The van der Waals surface area contributed by atoms with Gasteiger partial charge in [-0.15, -0.1) is 0 Å². The SMILES string of the molecule is CCCCCCCCCCCCCCCCCCOC(=O)CCCC(=O)OCc1c(F)cccc1Cl. The number of rotatable bonds is 23. The predicted octanol–water partition coefficient (Wildman–Crippen LogP) is 9.50. The summed E-state index contributed by atoms with van der Waals surface area (Å²) in [6.45, 7) is 2.49. The number of esters is 2. The summed E-state index contributed by atoms with van der Waals surface area (Å²) in [5.74, 6) is -1.28. The molecule has 0 saturated heterocycles. The van der Waals surface area contributed by atoms with Gasteiger partial charge in [0.05, 0.1) is 11.6 Å². The minimum atomic E-state index is -0.507. The van der Waals surface area contributed by atoms with Gasteiger partial charge in [-0.2, -0.15) is 0 Å². The van der Waals surface area contributed by atoms with Crippen LogP contribution in [0.15, 0.2) is 18.2 Å². The fraction of sp³-hybridized carbons (Fsp3) is 0.733. The molecule has 0 saturated carbocycles. The summed E-state index contributed by atoms with van der Waals surface area (Å²) in [5, 5.41) is 0.223. The van der Waals surface area contributed by atoms with E-state index in [2.05, 4.69) is 6.92 Å². The average molecular weight is 527 g/mol. The molecule has 0 radical (unpaired) electrons. The number of unbranched alkanes of at least 4 members (excludes halogenated alkanes) is 15.